The van der Waals surface area contributed by atoms with Crippen molar-refractivity contribution in [3.05, 3.63) is 0 Å². The molecule has 2 bridgehead atoms. The molecular formula is C16H28O2. The van der Waals surface area contributed by atoms with Crippen molar-refractivity contribution in [3.63, 3.8) is 0 Å². The van der Waals surface area contributed by atoms with Gasteiger partial charge in [-0.2, -0.15) is 0 Å². The molecule has 104 valence electrons. The molecule has 0 radical (unpaired) electrons. The predicted molar refractivity (Wildman–Crippen MR) is 72.2 cm³/mol. The lowest BCUT2D eigenvalue weighted by atomic mass is 9.60. The van der Waals surface area contributed by atoms with Crippen LogP contribution in [0, 0.1) is 22.7 Å². The second-order valence-corrected chi connectivity index (χ2v) is 8.10. The van der Waals surface area contributed by atoms with Crippen LogP contribution in [0.25, 0.3) is 0 Å². The SMILES string of the molecule is C[C@@H]1COC(C)(C)O[C@@]12C[C@H]1CC[C@]2(C)C1(C)C. The van der Waals surface area contributed by atoms with Crippen LogP contribution in [-0.2, 0) is 9.47 Å². The van der Waals surface area contributed by atoms with Crippen molar-refractivity contribution in [1.29, 1.82) is 0 Å². The van der Waals surface area contributed by atoms with E-state index in [0.717, 1.165) is 12.5 Å². The van der Waals surface area contributed by atoms with Crippen LogP contribution < -0.4 is 0 Å². The molecule has 0 aromatic heterocycles. The summed E-state index contributed by atoms with van der Waals surface area (Å²) in [6.07, 6.45) is 3.91. The third-order valence-electron chi connectivity index (χ3n) is 6.82. The Morgan fingerprint density at radius 1 is 1.06 bits per heavy atom. The molecule has 3 aliphatic rings. The topological polar surface area (TPSA) is 18.5 Å². The van der Waals surface area contributed by atoms with E-state index in [-0.39, 0.29) is 5.60 Å². The fourth-order valence-corrected chi connectivity index (χ4v) is 5.23. The van der Waals surface area contributed by atoms with Gasteiger partial charge in [-0.15, -0.1) is 0 Å². The van der Waals surface area contributed by atoms with E-state index in [0.29, 0.717) is 16.7 Å². The number of rotatable bonds is 0. The number of hydrogen-bond acceptors (Lipinski definition) is 2. The maximum Gasteiger partial charge on any atom is 0.163 e. The summed E-state index contributed by atoms with van der Waals surface area (Å²) in [6, 6.07) is 0. The van der Waals surface area contributed by atoms with Crippen LogP contribution in [0.2, 0.25) is 0 Å². The average Bonchev–Trinajstić information content (AvgIpc) is 2.56. The first-order valence-electron chi connectivity index (χ1n) is 7.49. The molecule has 0 unspecified atom stereocenters. The number of ether oxygens (including phenoxy) is 2. The fraction of sp³-hybridized carbons (Fsp3) is 1.00. The van der Waals surface area contributed by atoms with E-state index in [2.05, 4.69) is 41.5 Å². The van der Waals surface area contributed by atoms with Crippen LogP contribution >= 0.6 is 0 Å². The van der Waals surface area contributed by atoms with Crippen molar-refractivity contribution >= 4 is 0 Å². The molecule has 0 aromatic carbocycles. The molecule has 0 aromatic rings. The lowest BCUT2D eigenvalue weighted by molar-refractivity contribution is -0.357. The van der Waals surface area contributed by atoms with Crippen molar-refractivity contribution < 1.29 is 9.47 Å². The van der Waals surface area contributed by atoms with E-state index in [1.54, 1.807) is 0 Å². The van der Waals surface area contributed by atoms with Crippen molar-refractivity contribution in [2.24, 2.45) is 22.7 Å². The van der Waals surface area contributed by atoms with Crippen molar-refractivity contribution in [3.8, 4) is 0 Å². The highest BCUT2D eigenvalue weighted by molar-refractivity contribution is 5.20. The Bertz CT molecular complexity index is 373. The molecule has 3 fully saturated rings. The summed E-state index contributed by atoms with van der Waals surface area (Å²) in [4.78, 5) is 0. The van der Waals surface area contributed by atoms with Crippen LogP contribution in [0.1, 0.15) is 60.8 Å². The minimum atomic E-state index is -0.421. The van der Waals surface area contributed by atoms with Crippen LogP contribution in [-0.4, -0.2) is 18.0 Å². The predicted octanol–water partition coefficient (Wildman–Crippen LogP) is 3.99. The van der Waals surface area contributed by atoms with E-state index >= 15 is 0 Å². The van der Waals surface area contributed by atoms with E-state index in [1.807, 2.05) is 0 Å². The highest BCUT2D eigenvalue weighted by atomic mass is 16.7. The molecule has 2 aliphatic carbocycles. The second-order valence-electron chi connectivity index (χ2n) is 8.10. The van der Waals surface area contributed by atoms with Gasteiger partial charge in [-0.25, -0.2) is 0 Å². The minimum Gasteiger partial charge on any atom is -0.350 e. The van der Waals surface area contributed by atoms with Gasteiger partial charge in [0.05, 0.1) is 12.2 Å². The van der Waals surface area contributed by atoms with Crippen LogP contribution in [0.15, 0.2) is 0 Å². The zero-order valence-electron chi connectivity index (χ0n) is 12.8. The normalized spacial score (nSPS) is 53.0. The van der Waals surface area contributed by atoms with Gasteiger partial charge in [-0.05, 0) is 44.4 Å². The summed E-state index contributed by atoms with van der Waals surface area (Å²) in [7, 11) is 0. The van der Waals surface area contributed by atoms with Gasteiger partial charge < -0.3 is 9.47 Å². The fourth-order valence-electron chi connectivity index (χ4n) is 5.23. The van der Waals surface area contributed by atoms with Gasteiger partial charge in [0, 0.05) is 11.3 Å². The van der Waals surface area contributed by atoms with Crippen LogP contribution in [0.5, 0.6) is 0 Å². The molecule has 3 rings (SSSR count). The molecule has 1 spiro atoms. The summed E-state index contributed by atoms with van der Waals surface area (Å²) < 4.78 is 12.4. The Morgan fingerprint density at radius 3 is 2.22 bits per heavy atom. The Labute approximate surface area is 111 Å². The standard InChI is InChI=1S/C16H28O2/c1-11-10-17-14(4,5)18-16(11)9-12-7-8-15(16,6)13(12,2)3/h11-12H,7-10H2,1-6H3/t11-,12-,15-,16+/m1/s1. The number of hydrogen-bond donors (Lipinski definition) is 0. The maximum atomic E-state index is 6.58. The Kier molecular flexibility index (Phi) is 2.39. The third kappa shape index (κ3) is 1.27. The first-order chi connectivity index (χ1) is 8.15. The minimum absolute atomic E-state index is 0.0289. The van der Waals surface area contributed by atoms with Crippen molar-refractivity contribution in [1.82, 2.24) is 0 Å². The number of fused-ring (bicyclic) bond motifs is 3. The van der Waals surface area contributed by atoms with E-state index < -0.39 is 5.79 Å². The molecule has 2 nitrogen and oxygen atoms in total. The molecule has 2 heteroatoms. The van der Waals surface area contributed by atoms with Gasteiger partial charge in [-0.1, -0.05) is 27.7 Å². The third-order valence-corrected chi connectivity index (χ3v) is 6.82. The molecular weight excluding hydrogens is 224 g/mol. The van der Waals surface area contributed by atoms with Gasteiger partial charge >= 0.3 is 0 Å². The molecule has 18 heavy (non-hydrogen) atoms. The van der Waals surface area contributed by atoms with Crippen molar-refractivity contribution in [2.75, 3.05) is 6.61 Å². The van der Waals surface area contributed by atoms with E-state index in [4.69, 9.17) is 9.47 Å². The van der Waals surface area contributed by atoms with Gasteiger partial charge in [0.25, 0.3) is 0 Å². The summed E-state index contributed by atoms with van der Waals surface area (Å²) >= 11 is 0. The maximum absolute atomic E-state index is 6.58. The molecule has 0 N–H and O–H groups in total. The van der Waals surface area contributed by atoms with Crippen LogP contribution in [0.4, 0.5) is 0 Å². The monoisotopic (exact) mass is 252 g/mol. The van der Waals surface area contributed by atoms with Gasteiger partial charge in [0.1, 0.15) is 0 Å². The van der Waals surface area contributed by atoms with E-state index in [9.17, 15) is 0 Å². The lowest BCUT2D eigenvalue weighted by Gasteiger charge is -2.57. The van der Waals surface area contributed by atoms with Crippen molar-refractivity contribution in [2.45, 2.75) is 72.2 Å². The molecule has 1 saturated heterocycles. The van der Waals surface area contributed by atoms with E-state index in [1.165, 1.54) is 19.3 Å². The summed E-state index contributed by atoms with van der Waals surface area (Å²) in [6.45, 7) is 14.7. The first kappa shape index (κ1) is 12.9. The Balaban J connectivity index is 2.06. The molecule has 1 heterocycles. The largest absolute Gasteiger partial charge is 0.350 e. The quantitative estimate of drug-likeness (QED) is 0.649. The highest BCUT2D eigenvalue weighted by Crippen LogP contribution is 2.73. The molecule has 4 atom stereocenters. The average molecular weight is 252 g/mol. The summed E-state index contributed by atoms with van der Waals surface area (Å²) in [5, 5.41) is 0. The lowest BCUT2D eigenvalue weighted by Crippen LogP contribution is -2.61. The zero-order valence-corrected chi connectivity index (χ0v) is 12.8. The summed E-state index contributed by atoms with van der Waals surface area (Å²) in [5.74, 6) is 0.898. The highest BCUT2D eigenvalue weighted by Gasteiger charge is 2.72. The Hall–Kier alpha value is -0.0800. The smallest absolute Gasteiger partial charge is 0.163 e. The zero-order chi connectivity index (χ0) is 13.4. The molecule has 2 saturated carbocycles. The summed E-state index contributed by atoms with van der Waals surface area (Å²) in [5.41, 5.74) is 0.723. The second kappa shape index (κ2) is 3.32. The Morgan fingerprint density at radius 2 is 1.72 bits per heavy atom. The molecule has 1 aliphatic heterocycles. The first-order valence-corrected chi connectivity index (χ1v) is 7.49. The van der Waals surface area contributed by atoms with Crippen LogP contribution in [0.3, 0.4) is 0 Å². The molecule has 0 amide bonds. The van der Waals surface area contributed by atoms with Gasteiger partial charge in [-0.3, -0.25) is 0 Å². The van der Waals surface area contributed by atoms with Gasteiger partial charge in [0.15, 0.2) is 5.79 Å². The van der Waals surface area contributed by atoms with Gasteiger partial charge in [0.2, 0.25) is 0 Å².